The van der Waals surface area contributed by atoms with E-state index in [0.29, 0.717) is 0 Å². The van der Waals surface area contributed by atoms with Crippen LogP contribution in [0.3, 0.4) is 0 Å². The summed E-state index contributed by atoms with van der Waals surface area (Å²) in [6.45, 7) is 5.73. The Bertz CT molecular complexity index is 345. The number of rotatable bonds is 11. The van der Waals surface area contributed by atoms with Gasteiger partial charge in [0.1, 0.15) is 6.54 Å². The van der Waals surface area contributed by atoms with Crippen molar-refractivity contribution in [1.82, 2.24) is 15.1 Å². The Balaban J connectivity index is 4.38. The van der Waals surface area contributed by atoms with Crippen LogP contribution in [0.5, 0.6) is 0 Å². The molecule has 0 rings (SSSR count). The van der Waals surface area contributed by atoms with Gasteiger partial charge in [-0.05, 0) is 25.5 Å². The van der Waals surface area contributed by atoms with Crippen LogP contribution in [0.15, 0.2) is 17.6 Å². The van der Waals surface area contributed by atoms with Gasteiger partial charge in [0.25, 0.3) is 0 Å². The van der Waals surface area contributed by atoms with Gasteiger partial charge in [-0.15, -0.1) is 6.58 Å². The molecule has 128 valence electrons. The van der Waals surface area contributed by atoms with Gasteiger partial charge in [-0.1, -0.05) is 12.5 Å². The number of likely N-dealkylation sites (N-methyl/N-ethyl adjacent to an activating group) is 1. The van der Waals surface area contributed by atoms with Crippen molar-refractivity contribution in [2.45, 2.75) is 25.7 Å². The van der Waals surface area contributed by atoms with E-state index < -0.39 is 0 Å². The number of thioether (sulfide) groups is 1. The summed E-state index contributed by atoms with van der Waals surface area (Å²) in [6.07, 6.45) is 8.61. The molecule has 0 aromatic carbocycles. The fourth-order valence-corrected chi connectivity index (χ4v) is 2.09. The Morgan fingerprint density at radius 1 is 1.27 bits per heavy atom. The third-order valence-corrected chi connectivity index (χ3v) is 3.83. The number of nitrogens with one attached hydrogen (secondary N) is 1. The summed E-state index contributed by atoms with van der Waals surface area (Å²) >= 11 is 1.79. The Morgan fingerprint density at radius 3 is 2.59 bits per heavy atom. The summed E-state index contributed by atoms with van der Waals surface area (Å²) in [4.78, 5) is 19.8. The van der Waals surface area contributed by atoms with Crippen LogP contribution in [-0.4, -0.2) is 74.5 Å². The SMILES string of the molecule is C=CCCCCCN(C)C(=NCC(=O)N(C)C)NCCSC. The minimum Gasteiger partial charge on any atom is -0.355 e. The van der Waals surface area contributed by atoms with Gasteiger partial charge in [-0.2, -0.15) is 11.8 Å². The number of carbonyl (C=O) groups is 1. The van der Waals surface area contributed by atoms with Crippen LogP contribution >= 0.6 is 11.8 Å². The highest BCUT2D eigenvalue weighted by molar-refractivity contribution is 7.98. The highest BCUT2D eigenvalue weighted by atomic mass is 32.2. The number of allylic oxidation sites excluding steroid dienone is 1. The number of carbonyl (C=O) groups excluding carboxylic acids is 1. The highest BCUT2D eigenvalue weighted by Gasteiger charge is 2.08. The van der Waals surface area contributed by atoms with Crippen molar-refractivity contribution in [1.29, 1.82) is 0 Å². The van der Waals surface area contributed by atoms with Crippen LogP contribution in [0.2, 0.25) is 0 Å². The van der Waals surface area contributed by atoms with Crippen LogP contribution in [0.4, 0.5) is 0 Å². The Labute approximate surface area is 140 Å². The molecule has 0 aliphatic rings. The fourth-order valence-electron chi connectivity index (χ4n) is 1.78. The lowest BCUT2D eigenvalue weighted by atomic mass is 10.2. The molecule has 0 fully saturated rings. The van der Waals surface area contributed by atoms with Crippen LogP contribution in [0, 0.1) is 0 Å². The van der Waals surface area contributed by atoms with Crippen molar-refractivity contribution >= 4 is 23.6 Å². The summed E-state index contributed by atoms with van der Waals surface area (Å²) < 4.78 is 0. The molecule has 6 heteroatoms. The molecule has 0 saturated heterocycles. The first kappa shape index (κ1) is 20.8. The van der Waals surface area contributed by atoms with Crippen LogP contribution in [0.1, 0.15) is 25.7 Å². The van der Waals surface area contributed by atoms with Gasteiger partial charge in [-0.3, -0.25) is 4.79 Å². The lowest BCUT2D eigenvalue weighted by molar-refractivity contribution is -0.127. The molecule has 5 nitrogen and oxygen atoms in total. The molecule has 0 saturated carbocycles. The van der Waals surface area contributed by atoms with Crippen molar-refractivity contribution < 1.29 is 4.79 Å². The second kappa shape index (κ2) is 13.5. The summed E-state index contributed by atoms with van der Waals surface area (Å²) in [5.41, 5.74) is 0. The van der Waals surface area contributed by atoms with Gasteiger partial charge in [0.15, 0.2) is 5.96 Å². The Morgan fingerprint density at radius 2 is 2.00 bits per heavy atom. The predicted octanol–water partition coefficient (Wildman–Crippen LogP) is 2.06. The second-order valence-electron chi connectivity index (χ2n) is 5.41. The van der Waals surface area contributed by atoms with Crippen LogP contribution in [0.25, 0.3) is 0 Å². The first-order chi connectivity index (χ1) is 10.5. The standard InChI is InChI=1S/C16H32N4OS/c1-6-7-8-9-10-12-20(4)16(17-11-13-22-5)18-14-15(21)19(2)3/h6H,1,7-14H2,2-5H3,(H,17,18). The van der Waals surface area contributed by atoms with E-state index in [1.54, 1.807) is 30.8 Å². The summed E-state index contributed by atoms with van der Waals surface area (Å²) in [6, 6.07) is 0. The van der Waals surface area contributed by atoms with Crippen molar-refractivity contribution in [3.8, 4) is 0 Å². The summed E-state index contributed by atoms with van der Waals surface area (Å²) in [7, 11) is 5.53. The van der Waals surface area contributed by atoms with E-state index in [1.165, 1.54) is 12.8 Å². The third-order valence-electron chi connectivity index (χ3n) is 3.22. The summed E-state index contributed by atoms with van der Waals surface area (Å²) in [5.74, 6) is 1.85. The molecule has 0 atom stereocenters. The van der Waals surface area contributed by atoms with Gasteiger partial charge in [0.2, 0.25) is 5.91 Å². The van der Waals surface area contributed by atoms with E-state index >= 15 is 0 Å². The lowest BCUT2D eigenvalue weighted by Gasteiger charge is -2.22. The molecule has 0 aliphatic carbocycles. The molecule has 0 aromatic rings. The molecular weight excluding hydrogens is 296 g/mol. The van der Waals surface area contributed by atoms with Gasteiger partial charge in [0, 0.05) is 40.0 Å². The quantitative estimate of drug-likeness (QED) is 0.273. The van der Waals surface area contributed by atoms with Gasteiger partial charge >= 0.3 is 0 Å². The van der Waals surface area contributed by atoms with E-state index in [1.807, 2.05) is 13.1 Å². The molecule has 0 aromatic heterocycles. The molecule has 0 bridgehead atoms. The maximum absolute atomic E-state index is 11.7. The first-order valence-electron chi connectivity index (χ1n) is 7.82. The topological polar surface area (TPSA) is 47.9 Å². The van der Waals surface area contributed by atoms with Gasteiger partial charge in [0.05, 0.1) is 0 Å². The Hall–Kier alpha value is -1.17. The lowest BCUT2D eigenvalue weighted by Crippen LogP contribution is -2.41. The van der Waals surface area contributed by atoms with E-state index in [0.717, 1.165) is 37.6 Å². The number of aliphatic imine (C=N–C) groups is 1. The average molecular weight is 329 g/mol. The first-order valence-corrected chi connectivity index (χ1v) is 9.21. The van der Waals surface area contributed by atoms with E-state index in [9.17, 15) is 4.79 Å². The number of hydrogen-bond donors (Lipinski definition) is 1. The van der Waals surface area contributed by atoms with Crippen LogP contribution < -0.4 is 5.32 Å². The molecule has 0 unspecified atom stereocenters. The van der Waals surface area contributed by atoms with Crippen molar-refractivity contribution in [3.05, 3.63) is 12.7 Å². The zero-order valence-electron chi connectivity index (χ0n) is 14.6. The largest absolute Gasteiger partial charge is 0.355 e. The molecule has 0 heterocycles. The zero-order chi connectivity index (χ0) is 16.8. The molecule has 0 spiro atoms. The molecule has 0 radical (unpaired) electrons. The van der Waals surface area contributed by atoms with Crippen molar-refractivity contribution in [2.75, 3.05) is 52.8 Å². The van der Waals surface area contributed by atoms with E-state index in [2.05, 4.69) is 28.0 Å². The number of amides is 1. The van der Waals surface area contributed by atoms with Crippen molar-refractivity contribution in [3.63, 3.8) is 0 Å². The maximum Gasteiger partial charge on any atom is 0.243 e. The smallest absolute Gasteiger partial charge is 0.243 e. The zero-order valence-corrected chi connectivity index (χ0v) is 15.4. The normalized spacial score (nSPS) is 11.2. The number of hydrogen-bond acceptors (Lipinski definition) is 3. The monoisotopic (exact) mass is 328 g/mol. The fraction of sp³-hybridized carbons (Fsp3) is 0.750. The van der Waals surface area contributed by atoms with Crippen LogP contribution in [-0.2, 0) is 4.79 Å². The molecule has 0 aliphatic heterocycles. The highest BCUT2D eigenvalue weighted by Crippen LogP contribution is 2.02. The minimum atomic E-state index is 0.0172. The number of nitrogens with zero attached hydrogens (tertiary/aromatic N) is 3. The number of guanidine groups is 1. The molecule has 22 heavy (non-hydrogen) atoms. The predicted molar refractivity (Wildman–Crippen MR) is 98.7 cm³/mol. The third kappa shape index (κ3) is 10.5. The van der Waals surface area contributed by atoms with Gasteiger partial charge < -0.3 is 15.1 Å². The average Bonchev–Trinajstić information content (AvgIpc) is 2.49. The molecule has 1 amide bonds. The Kier molecular flexibility index (Phi) is 12.8. The second-order valence-corrected chi connectivity index (χ2v) is 6.39. The number of unbranched alkanes of at least 4 members (excludes halogenated alkanes) is 3. The summed E-state index contributed by atoms with van der Waals surface area (Å²) in [5, 5.41) is 3.33. The molecular formula is C16H32N4OS. The molecule has 1 N–H and O–H groups in total. The van der Waals surface area contributed by atoms with Crippen molar-refractivity contribution in [2.24, 2.45) is 4.99 Å². The minimum absolute atomic E-state index is 0.0172. The maximum atomic E-state index is 11.7. The van der Waals surface area contributed by atoms with E-state index in [4.69, 9.17) is 0 Å². The van der Waals surface area contributed by atoms with E-state index in [-0.39, 0.29) is 12.5 Å². The van der Waals surface area contributed by atoms with Gasteiger partial charge in [-0.25, -0.2) is 4.99 Å².